The zero-order valence-electron chi connectivity index (χ0n) is 16.6. The molecule has 0 radical (unpaired) electrons. The van der Waals surface area contributed by atoms with Crippen LogP contribution in [-0.4, -0.2) is 13.1 Å². The van der Waals surface area contributed by atoms with Crippen LogP contribution in [0, 0.1) is 23.2 Å². The van der Waals surface area contributed by atoms with Crippen molar-refractivity contribution in [2.75, 3.05) is 13.1 Å². The summed E-state index contributed by atoms with van der Waals surface area (Å²) in [5, 5.41) is 3.47. The van der Waals surface area contributed by atoms with Gasteiger partial charge in [-0.05, 0) is 74.3 Å². The van der Waals surface area contributed by atoms with E-state index < -0.39 is 0 Å². The SMILES string of the molecule is C=CCC(/C=C\CC(C)(C(=C)C)C(C)C1=CCNCCC=C1)C1CC1. The standard InChI is InChI=1S/C24H37N/c1-6-10-22(23-13-14-23)12-9-16-24(5,19(2)3)20(4)21-11-7-8-17-25-18-15-21/h6-7,9,11-12,15,20,22-23,25H,1-2,8,10,13-14,16-18H2,3-5H3/b11-7?,12-9-,21-15?. The average Bonchev–Trinajstić information content (AvgIpc) is 3.37. The lowest BCUT2D eigenvalue weighted by Crippen LogP contribution is -2.28. The van der Waals surface area contributed by atoms with Crippen LogP contribution in [0.25, 0.3) is 0 Å². The molecule has 1 aliphatic heterocycles. The molecule has 138 valence electrons. The van der Waals surface area contributed by atoms with Crippen molar-refractivity contribution in [3.05, 3.63) is 60.8 Å². The maximum Gasteiger partial charge on any atom is 0.0140 e. The Morgan fingerprint density at radius 2 is 2.20 bits per heavy atom. The van der Waals surface area contributed by atoms with Crippen LogP contribution in [0.4, 0.5) is 0 Å². The van der Waals surface area contributed by atoms with Crippen molar-refractivity contribution in [1.82, 2.24) is 5.32 Å². The van der Waals surface area contributed by atoms with Crippen molar-refractivity contribution in [1.29, 1.82) is 0 Å². The number of hydrogen-bond donors (Lipinski definition) is 1. The van der Waals surface area contributed by atoms with E-state index in [9.17, 15) is 0 Å². The molecule has 25 heavy (non-hydrogen) atoms. The highest BCUT2D eigenvalue weighted by atomic mass is 14.8. The van der Waals surface area contributed by atoms with Crippen LogP contribution in [0.3, 0.4) is 0 Å². The van der Waals surface area contributed by atoms with E-state index >= 15 is 0 Å². The Balaban J connectivity index is 2.10. The van der Waals surface area contributed by atoms with Gasteiger partial charge in [0.2, 0.25) is 0 Å². The molecule has 1 N–H and O–H groups in total. The third-order valence-corrected chi connectivity index (χ3v) is 6.30. The van der Waals surface area contributed by atoms with Crippen LogP contribution in [0.1, 0.15) is 52.9 Å². The number of nitrogens with one attached hydrogen (secondary N) is 1. The summed E-state index contributed by atoms with van der Waals surface area (Å²) < 4.78 is 0. The van der Waals surface area contributed by atoms with E-state index in [0.29, 0.717) is 11.8 Å². The van der Waals surface area contributed by atoms with Crippen molar-refractivity contribution in [3.63, 3.8) is 0 Å². The van der Waals surface area contributed by atoms with E-state index in [1.54, 1.807) is 0 Å². The van der Waals surface area contributed by atoms with E-state index in [-0.39, 0.29) is 5.41 Å². The summed E-state index contributed by atoms with van der Waals surface area (Å²) in [7, 11) is 0. The van der Waals surface area contributed by atoms with Crippen LogP contribution in [0.5, 0.6) is 0 Å². The third-order valence-electron chi connectivity index (χ3n) is 6.30. The Morgan fingerprint density at radius 1 is 1.44 bits per heavy atom. The zero-order chi connectivity index (χ0) is 18.3. The van der Waals surface area contributed by atoms with E-state index in [0.717, 1.165) is 38.3 Å². The molecule has 0 aromatic carbocycles. The van der Waals surface area contributed by atoms with Gasteiger partial charge in [-0.15, -0.1) is 6.58 Å². The molecular weight excluding hydrogens is 302 g/mol. The van der Waals surface area contributed by atoms with Gasteiger partial charge < -0.3 is 5.32 Å². The third kappa shape index (κ3) is 5.57. The summed E-state index contributed by atoms with van der Waals surface area (Å²) >= 11 is 0. The van der Waals surface area contributed by atoms with Gasteiger partial charge in [0.25, 0.3) is 0 Å². The Hall–Kier alpha value is -1.34. The first kappa shape index (κ1) is 20.0. The van der Waals surface area contributed by atoms with E-state index in [4.69, 9.17) is 0 Å². The fourth-order valence-electron chi connectivity index (χ4n) is 3.81. The highest BCUT2D eigenvalue weighted by Gasteiger charge is 2.33. The molecule has 0 aromatic rings. The summed E-state index contributed by atoms with van der Waals surface area (Å²) in [4.78, 5) is 0. The first-order chi connectivity index (χ1) is 12.0. The van der Waals surface area contributed by atoms with Crippen LogP contribution in [-0.2, 0) is 0 Å². The molecule has 1 nitrogen and oxygen atoms in total. The van der Waals surface area contributed by atoms with Crippen LogP contribution >= 0.6 is 0 Å². The van der Waals surface area contributed by atoms with E-state index in [2.05, 4.69) is 75.7 Å². The summed E-state index contributed by atoms with van der Waals surface area (Å²) in [5.41, 5.74) is 2.81. The predicted octanol–water partition coefficient (Wildman–Crippen LogP) is 6.23. The van der Waals surface area contributed by atoms with E-state index in [1.807, 2.05) is 0 Å². The largest absolute Gasteiger partial charge is 0.313 e. The molecule has 0 aromatic heterocycles. The lowest BCUT2D eigenvalue weighted by molar-refractivity contribution is 0.299. The predicted molar refractivity (Wildman–Crippen MR) is 112 cm³/mol. The molecule has 0 amide bonds. The molecular formula is C24H37N. The van der Waals surface area contributed by atoms with Crippen molar-refractivity contribution >= 4 is 0 Å². The van der Waals surface area contributed by atoms with Gasteiger partial charge >= 0.3 is 0 Å². The molecule has 1 saturated carbocycles. The van der Waals surface area contributed by atoms with Gasteiger partial charge in [-0.2, -0.15) is 0 Å². The van der Waals surface area contributed by atoms with Crippen molar-refractivity contribution in [2.24, 2.45) is 23.2 Å². The number of rotatable bonds is 9. The average molecular weight is 340 g/mol. The normalized spacial score (nSPS) is 23.2. The summed E-state index contributed by atoms with van der Waals surface area (Å²) in [5.74, 6) is 2.04. The second-order valence-electron chi connectivity index (χ2n) is 8.18. The molecule has 1 heterocycles. The van der Waals surface area contributed by atoms with Gasteiger partial charge in [0, 0.05) is 6.54 Å². The monoisotopic (exact) mass is 339 g/mol. The molecule has 0 bridgehead atoms. The second-order valence-corrected chi connectivity index (χ2v) is 8.18. The molecule has 1 aliphatic carbocycles. The van der Waals surface area contributed by atoms with Gasteiger partial charge in [-0.3, -0.25) is 0 Å². The summed E-state index contributed by atoms with van der Waals surface area (Å²) in [6, 6.07) is 0. The van der Waals surface area contributed by atoms with Crippen LogP contribution in [0.2, 0.25) is 0 Å². The molecule has 2 aliphatic rings. The van der Waals surface area contributed by atoms with Crippen molar-refractivity contribution < 1.29 is 0 Å². The first-order valence-electron chi connectivity index (χ1n) is 10.00. The molecule has 3 unspecified atom stereocenters. The lowest BCUT2D eigenvalue weighted by atomic mass is 9.67. The van der Waals surface area contributed by atoms with Gasteiger partial charge in [0.15, 0.2) is 0 Å². The minimum atomic E-state index is 0.0914. The zero-order valence-corrected chi connectivity index (χ0v) is 16.6. The van der Waals surface area contributed by atoms with Gasteiger partial charge in [0.1, 0.15) is 0 Å². The summed E-state index contributed by atoms with van der Waals surface area (Å²) in [6.07, 6.45) is 20.0. The summed E-state index contributed by atoms with van der Waals surface area (Å²) in [6.45, 7) is 17.3. The van der Waals surface area contributed by atoms with Crippen molar-refractivity contribution in [3.8, 4) is 0 Å². The van der Waals surface area contributed by atoms with Crippen LogP contribution < -0.4 is 5.32 Å². The highest BCUT2D eigenvalue weighted by molar-refractivity contribution is 5.28. The van der Waals surface area contributed by atoms with E-state index in [1.165, 1.54) is 24.0 Å². The first-order valence-corrected chi connectivity index (χ1v) is 10.00. The Kier molecular flexibility index (Phi) is 7.50. The Labute approximate surface area is 155 Å². The topological polar surface area (TPSA) is 12.0 Å². The van der Waals surface area contributed by atoms with Gasteiger partial charge in [-0.1, -0.05) is 62.5 Å². The molecule has 1 fully saturated rings. The van der Waals surface area contributed by atoms with Gasteiger partial charge in [-0.25, -0.2) is 0 Å². The Morgan fingerprint density at radius 3 is 2.84 bits per heavy atom. The second kappa shape index (κ2) is 9.38. The molecule has 2 rings (SSSR count). The highest BCUT2D eigenvalue weighted by Crippen LogP contribution is 2.44. The fourth-order valence-corrected chi connectivity index (χ4v) is 3.81. The molecule has 0 saturated heterocycles. The molecule has 1 heteroatoms. The smallest absolute Gasteiger partial charge is 0.0140 e. The molecule has 3 atom stereocenters. The minimum Gasteiger partial charge on any atom is -0.313 e. The maximum atomic E-state index is 4.35. The quantitative estimate of drug-likeness (QED) is 0.491. The number of allylic oxidation sites excluding steroid dienone is 6. The van der Waals surface area contributed by atoms with Crippen molar-refractivity contribution in [2.45, 2.75) is 52.9 Å². The maximum absolute atomic E-state index is 4.35. The fraction of sp³-hybridized carbons (Fsp3) is 0.583. The van der Waals surface area contributed by atoms with Gasteiger partial charge in [0.05, 0.1) is 0 Å². The minimum absolute atomic E-state index is 0.0914. The Bertz CT molecular complexity index is 546. The number of hydrogen-bond acceptors (Lipinski definition) is 1. The lowest BCUT2D eigenvalue weighted by Gasteiger charge is -2.37. The molecule has 0 spiro atoms. The van der Waals surface area contributed by atoms with Crippen LogP contribution in [0.15, 0.2) is 60.8 Å².